The maximum absolute atomic E-state index is 12.3. The number of carbonyl (C=O) groups is 1. The van der Waals surface area contributed by atoms with E-state index in [1.165, 1.54) is 0 Å². The monoisotopic (exact) mass is 287 g/mol. The number of aromatic nitrogens is 2. The van der Waals surface area contributed by atoms with E-state index in [4.69, 9.17) is 4.74 Å². The molecule has 3 heterocycles. The first-order valence-corrected chi connectivity index (χ1v) is 7.35. The number of rotatable bonds is 5. The molecule has 0 aromatic carbocycles. The predicted octanol–water partition coefficient (Wildman–Crippen LogP) is 1.84. The number of hydrogen-bond acceptors (Lipinski definition) is 3. The first-order chi connectivity index (χ1) is 10.2. The lowest BCUT2D eigenvalue weighted by molar-refractivity contribution is -0.138. The molecule has 0 bridgehead atoms. The summed E-state index contributed by atoms with van der Waals surface area (Å²) in [6.45, 7) is 4.96. The SMILES string of the molecule is COCCC1CN(C(=O)Cn2cc(C)c3cnccc32)C1. The fourth-order valence-electron chi connectivity index (χ4n) is 2.93. The van der Waals surface area contributed by atoms with Gasteiger partial charge in [-0.3, -0.25) is 9.78 Å². The third kappa shape index (κ3) is 2.78. The smallest absolute Gasteiger partial charge is 0.242 e. The van der Waals surface area contributed by atoms with E-state index in [0.29, 0.717) is 12.5 Å². The van der Waals surface area contributed by atoms with Crippen molar-refractivity contribution < 1.29 is 9.53 Å². The molecule has 0 aliphatic carbocycles. The summed E-state index contributed by atoms with van der Waals surface area (Å²) in [4.78, 5) is 18.4. The highest BCUT2D eigenvalue weighted by Gasteiger charge is 2.30. The topological polar surface area (TPSA) is 47.4 Å². The third-order valence-corrected chi connectivity index (χ3v) is 4.23. The number of hydrogen-bond donors (Lipinski definition) is 0. The molecule has 1 amide bonds. The van der Waals surface area contributed by atoms with Crippen molar-refractivity contribution in [2.75, 3.05) is 26.8 Å². The van der Waals surface area contributed by atoms with Crippen molar-refractivity contribution in [1.29, 1.82) is 0 Å². The number of methoxy groups -OCH3 is 1. The molecule has 112 valence electrons. The van der Waals surface area contributed by atoms with Crippen LogP contribution in [-0.4, -0.2) is 47.2 Å². The number of ether oxygens (including phenoxy) is 1. The second-order valence-corrected chi connectivity index (χ2v) is 5.78. The molecule has 5 heteroatoms. The molecule has 2 aromatic rings. The average molecular weight is 287 g/mol. The van der Waals surface area contributed by atoms with Crippen molar-refractivity contribution in [3.8, 4) is 0 Å². The molecule has 1 aliphatic rings. The van der Waals surface area contributed by atoms with E-state index in [9.17, 15) is 4.79 Å². The third-order valence-electron chi connectivity index (χ3n) is 4.23. The number of pyridine rings is 1. The second kappa shape index (κ2) is 5.85. The van der Waals surface area contributed by atoms with Gasteiger partial charge in [-0.15, -0.1) is 0 Å². The lowest BCUT2D eigenvalue weighted by atomic mass is 9.97. The molecule has 0 spiro atoms. The van der Waals surface area contributed by atoms with Crippen molar-refractivity contribution in [3.63, 3.8) is 0 Å². The summed E-state index contributed by atoms with van der Waals surface area (Å²) in [5, 5.41) is 1.12. The Morgan fingerprint density at radius 3 is 3.05 bits per heavy atom. The molecule has 1 saturated heterocycles. The zero-order valence-corrected chi connectivity index (χ0v) is 12.6. The van der Waals surface area contributed by atoms with Crippen molar-refractivity contribution in [1.82, 2.24) is 14.5 Å². The van der Waals surface area contributed by atoms with Gasteiger partial charge in [0.1, 0.15) is 6.54 Å². The summed E-state index contributed by atoms with van der Waals surface area (Å²) in [5.41, 5.74) is 2.24. The molecule has 5 nitrogen and oxygen atoms in total. The first kappa shape index (κ1) is 14.1. The number of carbonyl (C=O) groups excluding carboxylic acids is 1. The van der Waals surface area contributed by atoms with Gasteiger partial charge in [-0.05, 0) is 30.9 Å². The van der Waals surface area contributed by atoms with Gasteiger partial charge in [0.15, 0.2) is 0 Å². The lowest BCUT2D eigenvalue weighted by Crippen LogP contribution is -2.51. The van der Waals surface area contributed by atoms with Gasteiger partial charge in [0, 0.05) is 50.8 Å². The minimum atomic E-state index is 0.192. The van der Waals surface area contributed by atoms with Crippen LogP contribution in [0.5, 0.6) is 0 Å². The Bertz CT molecular complexity index is 644. The molecule has 3 rings (SSSR count). The molecule has 0 atom stereocenters. The highest BCUT2D eigenvalue weighted by molar-refractivity contribution is 5.85. The molecule has 0 saturated carbocycles. The normalized spacial score (nSPS) is 15.4. The molecule has 1 fully saturated rings. The number of amides is 1. The first-order valence-electron chi connectivity index (χ1n) is 7.35. The Labute approximate surface area is 124 Å². The predicted molar refractivity (Wildman–Crippen MR) is 81.0 cm³/mol. The van der Waals surface area contributed by atoms with E-state index < -0.39 is 0 Å². The minimum Gasteiger partial charge on any atom is -0.385 e. The molecule has 0 radical (unpaired) electrons. The van der Waals surface area contributed by atoms with E-state index in [1.807, 2.05) is 27.9 Å². The fraction of sp³-hybridized carbons (Fsp3) is 0.500. The summed E-state index contributed by atoms with van der Waals surface area (Å²) in [6, 6.07) is 1.97. The van der Waals surface area contributed by atoms with Gasteiger partial charge in [0.2, 0.25) is 5.91 Å². The van der Waals surface area contributed by atoms with Gasteiger partial charge in [0.05, 0.1) is 5.52 Å². The molecule has 2 aromatic heterocycles. The van der Waals surface area contributed by atoms with Crippen molar-refractivity contribution in [3.05, 3.63) is 30.2 Å². The zero-order chi connectivity index (χ0) is 14.8. The largest absolute Gasteiger partial charge is 0.385 e. The van der Waals surface area contributed by atoms with Crippen LogP contribution in [0.4, 0.5) is 0 Å². The molecule has 21 heavy (non-hydrogen) atoms. The Morgan fingerprint density at radius 2 is 2.29 bits per heavy atom. The van der Waals surface area contributed by atoms with Crippen LogP contribution in [-0.2, 0) is 16.1 Å². The van der Waals surface area contributed by atoms with E-state index in [0.717, 1.165) is 42.6 Å². The van der Waals surface area contributed by atoms with Gasteiger partial charge in [-0.25, -0.2) is 0 Å². The number of nitrogens with zero attached hydrogens (tertiary/aromatic N) is 3. The Morgan fingerprint density at radius 1 is 1.48 bits per heavy atom. The van der Waals surface area contributed by atoms with Crippen molar-refractivity contribution in [2.45, 2.75) is 19.9 Å². The van der Waals surface area contributed by atoms with Gasteiger partial charge >= 0.3 is 0 Å². The minimum absolute atomic E-state index is 0.192. The van der Waals surface area contributed by atoms with Gasteiger partial charge in [-0.2, -0.15) is 0 Å². The van der Waals surface area contributed by atoms with Crippen LogP contribution < -0.4 is 0 Å². The quantitative estimate of drug-likeness (QED) is 0.843. The second-order valence-electron chi connectivity index (χ2n) is 5.78. The van der Waals surface area contributed by atoms with E-state index in [2.05, 4.69) is 11.9 Å². The zero-order valence-electron chi connectivity index (χ0n) is 12.6. The maximum Gasteiger partial charge on any atom is 0.242 e. The Balaban J connectivity index is 1.63. The standard InChI is InChI=1S/C16H21N3O2/c1-12-8-18(15-3-5-17-7-14(12)15)11-16(20)19-9-13(10-19)4-6-21-2/h3,5,7-8,13H,4,6,9-11H2,1-2H3. The number of fused-ring (bicyclic) bond motifs is 1. The summed E-state index contributed by atoms with van der Waals surface area (Å²) in [7, 11) is 1.72. The van der Waals surface area contributed by atoms with Gasteiger partial charge in [0.25, 0.3) is 0 Å². The summed E-state index contributed by atoms with van der Waals surface area (Å²) in [5.74, 6) is 0.790. The van der Waals surface area contributed by atoms with Crippen LogP contribution in [0.15, 0.2) is 24.7 Å². The van der Waals surface area contributed by atoms with Gasteiger partial charge in [-0.1, -0.05) is 0 Å². The van der Waals surface area contributed by atoms with Crippen LogP contribution in [0.3, 0.4) is 0 Å². The molecule has 1 aliphatic heterocycles. The molecular formula is C16H21N3O2. The van der Waals surface area contributed by atoms with E-state index >= 15 is 0 Å². The lowest BCUT2D eigenvalue weighted by Gasteiger charge is -2.39. The molecule has 0 unspecified atom stereocenters. The molecule has 0 N–H and O–H groups in total. The van der Waals surface area contributed by atoms with Crippen LogP contribution in [0.25, 0.3) is 10.9 Å². The number of likely N-dealkylation sites (tertiary alicyclic amines) is 1. The van der Waals surface area contributed by atoms with Crippen molar-refractivity contribution in [2.24, 2.45) is 5.92 Å². The average Bonchev–Trinajstić information content (AvgIpc) is 2.74. The van der Waals surface area contributed by atoms with Crippen molar-refractivity contribution >= 4 is 16.8 Å². The van der Waals surface area contributed by atoms with Crippen LogP contribution in [0, 0.1) is 12.8 Å². The van der Waals surface area contributed by atoms with E-state index in [1.54, 1.807) is 13.3 Å². The van der Waals surface area contributed by atoms with Crippen LogP contribution in [0.1, 0.15) is 12.0 Å². The summed E-state index contributed by atoms with van der Waals surface area (Å²) < 4.78 is 7.10. The Kier molecular flexibility index (Phi) is 3.92. The van der Waals surface area contributed by atoms with Gasteiger partial charge < -0.3 is 14.2 Å². The maximum atomic E-state index is 12.3. The number of aryl methyl sites for hydroxylation is 1. The molecular weight excluding hydrogens is 266 g/mol. The van der Waals surface area contributed by atoms with Crippen LogP contribution >= 0.6 is 0 Å². The highest BCUT2D eigenvalue weighted by Crippen LogP contribution is 2.22. The van der Waals surface area contributed by atoms with E-state index in [-0.39, 0.29) is 5.91 Å². The summed E-state index contributed by atoms with van der Waals surface area (Å²) >= 11 is 0. The highest BCUT2D eigenvalue weighted by atomic mass is 16.5. The Hall–Kier alpha value is -1.88. The fourth-order valence-corrected chi connectivity index (χ4v) is 2.93. The summed E-state index contributed by atoms with van der Waals surface area (Å²) in [6.07, 6.45) is 6.70. The van der Waals surface area contributed by atoms with Crippen LogP contribution in [0.2, 0.25) is 0 Å².